The highest BCUT2D eigenvalue weighted by Gasteiger charge is 2.45. The van der Waals surface area contributed by atoms with Crippen molar-refractivity contribution >= 4 is 29.4 Å². The normalized spacial score (nSPS) is 20.3. The van der Waals surface area contributed by atoms with Gasteiger partial charge >= 0.3 is 18.2 Å². The van der Waals surface area contributed by atoms with Crippen LogP contribution < -0.4 is 21.3 Å². The first-order chi connectivity index (χ1) is 16.7. The van der Waals surface area contributed by atoms with Crippen LogP contribution in [0.3, 0.4) is 0 Å². The Hall–Kier alpha value is -2.74. The molecule has 1 aliphatic heterocycles. The number of hydrogen-bond acceptors (Lipinski definition) is 7. The number of carbonyl (C=O) groups excluding carboxylic acids is 5. The Labute approximate surface area is 206 Å². The van der Waals surface area contributed by atoms with Crippen molar-refractivity contribution in [3.8, 4) is 0 Å². The number of Topliss-reactive ketones (excluding diaryl/α,β-unsaturated/α-hetero) is 1. The van der Waals surface area contributed by atoms with E-state index >= 15 is 0 Å². The average molecular weight is 523 g/mol. The van der Waals surface area contributed by atoms with Crippen LogP contribution in [-0.4, -0.2) is 80.3 Å². The lowest BCUT2D eigenvalue weighted by Crippen LogP contribution is -2.56. The van der Waals surface area contributed by atoms with Gasteiger partial charge in [-0.25, -0.2) is 0 Å². The zero-order chi connectivity index (χ0) is 27.1. The van der Waals surface area contributed by atoms with E-state index in [0.717, 1.165) is 0 Å². The first kappa shape index (κ1) is 29.5. The predicted molar refractivity (Wildman–Crippen MR) is 118 cm³/mol. The smallest absolute Gasteiger partial charge is 0.382 e. The van der Waals surface area contributed by atoms with Crippen LogP contribution in [0.4, 0.5) is 13.2 Å². The Morgan fingerprint density at radius 2 is 1.78 bits per heavy atom. The Balaban J connectivity index is 2.09. The molecule has 4 amide bonds. The van der Waals surface area contributed by atoms with Gasteiger partial charge in [-0.3, -0.25) is 28.7 Å². The minimum Gasteiger partial charge on any atom is -0.382 e. The molecule has 36 heavy (non-hydrogen) atoms. The maximum absolute atomic E-state index is 13.0. The summed E-state index contributed by atoms with van der Waals surface area (Å²) < 4.78 is 46.0. The van der Waals surface area contributed by atoms with Gasteiger partial charge in [-0.15, -0.1) is 13.2 Å². The summed E-state index contributed by atoms with van der Waals surface area (Å²) in [5.74, 6) is -5.18. The molecule has 0 aromatic heterocycles. The van der Waals surface area contributed by atoms with E-state index in [1.165, 1.54) is 7.11 Å². The second-order valence-electron chi connectivity index (χ2n) is 9.60. The van der Waals surface area contributed by atoms with Gasteiger partial charge in [-0.1, -0.05) is 13.8 Å². The average Bonchev–Trinajstić information content (AvgIpc) is 3.41. The molecular weight excluding hydrogens is 489 g/mol. The first-order valence-electron chi connectivity index (χ1n) is 11.7. The molecule has 0 aromatic rings. The van der Waals surface area contributed by atoms with Gasteiger partial charge in [0.1, 0.15) is 12.6 Å². The van der Waals surface area contributed by atoms with E-state index in [1.807, 2.05) is 0 Å². The Kier molecular flexibility index (Phi) is 10.2. The summed E-state index contributed by atoms with van der Waals surface area (Å²) in [4.78, 5) is 62.3. The number of ether oxygens (including phenoxy) is 2. The number of hydrogen-bond donors (Lipinski definition) is 4. The van der Waals surface area contributed by atoms with Gasteiger partial charge in [0.05, 0.1) is 18.2 Å². The van der Waals surface area contributed by atoms with Crippen molar-refractivity contribution in [3.05, 3.63) is 0 Å². The molecule has 14 heteroatoms. The minimum atomic E-state index is -5.06. The maximum Gasteiger partial charge on any atom is 0.522 e. The van der Waals surface area contributed by atoms with Crippen LogP contribution >= 0.6 is 0 Å². The van der Waals surface area contributed by atoms with Crippen LogP contribution in [0.2, 0.25) is 0 Å². The van der Waals surface area contributed by atoms with E-state index in [1.54, 1.807) is 13.8 Å². The zero-order valence-electron chi connectivity index (χ0n) is 20.5. The van der Waals surface area contributed by atoms with E-state index in [-0.39, 0.29) is 31.3 Å². The molecule has 1 heterocycles. The molecule has 11 nitrogen and oxygen atoms in total. The van der Waals surface area contributed by atoms with E-state index in [4.69, 9.17) is 4.74 Å². The van der Waals surface area contributed by atoms with Gasteiger partial charge in [0.2, 0.25) is 11.8 Å². The van der Waals surface area contributed by atoms with Gasteiger partial charge in [0.15, 0.2) is 5.78 Å². The highest BCUT2D eigenvalue weighted by molar-refractivity contribution is 6.35. The summed E-state index contributed by atoms with van der Waals surface area (Å²) in [5.41, 5.74) is -0.628. The van der Waals surface area contributed by atoms with Gasteiger partial charge in [-0.05, 0) is 38.0 Å². The maximum atomic E-state index is 13.0. The molecule has 2 fully saturated rings. The topological polar surface area (TPSA) is 152 Å². The van der Waals surface area contributed by atoms with Crippen LogP contribution in [0, 0.1) is 11.8 Å². The van der Waals surface area contributed by atoms with Gasteiger partial charge in [0.25, 0.3) is 0 Å². The Bertz CT molecular complexity index is 846. The molecule has 1 aliphatic carbocycles. The third-order valence-corrected chi connectivity index (χ3v) is 5.95. The summed E-state index contributed by atoms with van der Waals surface area (Å²) in [5, 5.41) is 9.82. The summed E-state index contributed by atoms with van der Waals surface area (Å²) in [6.45, 7) is 2.72. The molecule has 0 unspecified atom stereocenters. The molecule has 2 rings (SSSR count). The van der Waals surface area contributed by atoms with Crippen molar-refractivity contribution in [3.63, 3.8) is 0 Å². The van der Waals surface area contributed by atoms with E-state index < -0.39 is 60.0 Å². The molecule has 0 bridgehead atoms. The summed E-state index contributed by atoms with van der Waals surface area (Å²) in [6, 6.07) is -2.72. The number of carbonyl (C=O) groups is 5. The standard InChI is InChI=1S/C22H33F3N4O7/c1-12(2)8-15(28-19(33)20(34)29-21(5-6-21)11-35-3)18(32)27-14(9-13-4-7-26-17(13)31)16(30)10-36-22(23,24)25/h12-15H,4-11H2,1-3H3,(H,26,31)(H,27,32)(H,28,33)(H,29,34)/t13-,14-,15-/m0/s1. The molecule has 0 radical (unpaired) electrons. The molecule has 0 aromatic carbocycles. The number of amides is 4. The third kappa shape index (κ3) is 9.37. The largest absolute Gasteiger partial charge is 0.522 e. The molecule has 3 atom stereocenters. The van der Waals surface area contributed by atoms with E-state index in [2.05, 4.69) is 26.0 Å². The summed E-state index contributed by atoms with van der Waals surface area (Å²) >= 11 is 0. The third-order valence-electron chi connectivity index (χ3n) is 5.95. The second kappa shape index (κ2) is 12.5. The molecular formula is C22H33F3N4O7. The summed E-state index contributed by atoms with van der Waals surface area (Å²) in [7, 11) is 1.46. The summed E-state index contributed by atoms with van der Waals surface area (Å²) in [6.07, 6.45) is -3.60. The van der Waals surface area contributed by atoms with Crippen LogP contribution in [0.1, 0.15) is 46.0 Å². The van der Waals surface area contributed by atoms with Crippen molar-refractivity contribution in [1.82, 2.24) is 21.3 Å². The quantitative estimate of drug-likeness (QED) is 0.247. The monoisotopic (exact) mass is 522 g/mol. The van der Waals surface area contributed by atoms with Crippen LogP contribution in [0.5, 0.6) is 0 Å². The fourth-order valence-electron chi connectivity index (χ4n) is 3.91. The lowest BCUT2D eigenvalue weighted by atomic mass is 9.95. The van der Waals surface area contributed by atoms with E-state index in [0.29, 0.717) is 25.8 Å². The van der Waals surface area contributed by atoms with Crippen molar-refractivity contribution in [2.75, 3.05) is 26.9 Å². The van der Waals surface area contributed by atoms with Gasteiger partial charge < -0.3 is 26.0 Å². The molecule has 1 saturated carbocycles. The van der Waals surface area contributed by atoms with Gasteiger partial charge in [-0.2, -0.15) is 0 Å². The van der Waals surface area contributed by atoms with Crippen molar-refractivity contribution in [2.45, 2.75) is 69.9 Å². The van der Waals surface area contributed by atoms with E-state index in [9.17, 15) is 37.1 Å². The minimum absolute atomic E-state index is 0.0813. The van der Waals surface area contributed by atoms with Crippen molar-refractivity contribution < 1.29 is 46.6 Å². The number of methoxy groups -OCH3 is 1. The Morgan fingerprint density at radius 3 is 2.28 bits per heavy atom. The number of nitrogens with one attached hydrogen (secondary N) is 4. The Morgan fingerprint density at radius 1 is 1.11 bits per heavy atom. The fourth-order valence-corrected chi connectivity index (χ4v) is 3.91. The predicted octanol–water partition coefficient (Wildman–Crippen LogP) is -0.0710. The number of halogens is 3. The molecule has 1 saturated heterocycles. The van der Waals surface area contributed by atoms with Crippen LogP contribution in [0.25, 0.3) is 0 Å². The number of ketones is 1. The lowest BCUT2D eigenvalue weighted by Gasteiger charge is -2.25. The number of alkyl halides is 3. The van der Waals surface area contributed by atoms with Crippen LogP contribution in [0.15, 0.2) is 0 Å². The zero-order valence-corrected chi connectivity index (χ0v) is 20.5. The van der Waals surface area contributed by atoms with Crippen molar-refractivity contribution in [2.24, 2.45) is 11.8 Å². The lowest BCUT2D eigenvalue weighted by molar-refractivity contribution is -0.321. The molecule has 4 N–H and O–H groups in total. The molecule has 204 valence electrons. The SMILES string of the molecule is COCC1(NC(=O)C(=O)N[C@@H](CC(C)C)C(=O)N[C@@H](C[C@@H]2CCNC2=O)C(=O)COC(F)(F)F)CC1. The molecule has 2 aliphatic rings. The van der Waals surface area contributed by atoms with Gasteiger partial charge in [0, 0.05) is 19.6 Å². The number of rotatable bonds is 13. The second-order valence-corrected chi connectivity index (χ2v) is 9.60. The fraction of sp³-hybridized carbons (Fsp3) is 0.773. The highest BCUT2D eigenvalue weighted by atomic mass is 19.4. The van der Waals surface area contributed by atoms with Crippen LogP contribution in [-0.2, 0) is 33.4 Å². The van der Waals surface area contributed by atoms with Crippen molar-refractivity contribution in [1.29, 1.82) is 0 Å². The molecule has 0 spiro atoms. The highest BCUT2D eigenvalue weighted by Crippen LogP contribution is 2.35. The first-order valence-corrected chi connectivity index (χ1v) is 11.7.